The van der Waals surface area contributed by atoms with Crippen molar-refractivity contribution in [3.63, 3.8) is 0 Å². The van der Waals surface area contributed by atoms with Gasteiger partial charge < -0.3 is 10.2 Å². The molecule has 2 aromatic rings. The van der Waals surface area contributed by atoms with Gasteiger partial charge in [0.2, 0.25) is 0 Å². The summed E-state index contributed by atoms with van der Waals surface area (Å²) in [4.78, 5) is 14.5. The average molecular weight is 352 g/mol. The summed E-state index contributed by atoms with van der Waals surface area (Å²) in [6.45, 7) is 3.31. The van der Waals surface area contributed by atoms with E-state index in [1.807, 2.05) is 30.0 Å². The molecule has 0 atom stereocenters. The van der Waals surface area contributed by atoms with Gasteiger partial charge in [-0.25, -0.2) is 0 Å². The maximum Gasteiger partial charge on any atom is 0.267 e. The van der Waals surface area contributed by atoms with Crippen LogP contribution in [0.3, 0.4) is 0 Å². The Bertz CT molecular complexity index is 883. The zero-order valence-corrected chi connectivity index (χ0v) is 14.7. The third-order valence-electron chi connectivity index (χ3n) is 4.35. The first-order valence-corrected chi connectivity index (χ1v) is 8.45. The fourth-order valence-electron chi connectivity index (χ4n) is 2.88. The lowest BCUT2D eigenvalue weighted by atomic mass is 10.00. The number of nitrogens with one attached hydrogen (secondary N) is 1. The second kappa shape index (κ2) is 7.42. The van der Waals surface area contributed by atoms with Crippen LogP contribution in [0.1, 0.15) is 16.7 Å². The highest BCUT2D eigenvalue weighted by molar-refractivity contribution is 6.31. The molecule has 2 aromatic carbocycles. The Hall–Kier alpha value is -2.77. The molecule has 0 radical (unpaired) electrons. The van der Waals surface area contributed by atoms with E-state index >= 15 is 0 Å². The zero-order valence-electron chi connectivity index (χ0n) is 13.9. The summed E-state index contributed by atoms with van der Waals surface area (Å²) in [5.41, 5.74) is 4.03. The number of hydrogen-bond donors (Lipinski definition) is 1. The third kappa shape index (κ3) is 3.84. The predicted molar refractivity (Wildman–Crippen MR) is 99.1 cm³/mol. The van der Waals surface area contributed by atoms with E-state index in [1.54, 1.807) is 24.4 Å². The van der Waals surface area contributed by atoms with Crippen LogP contribution < -0.4 is 5.32 Å². The largest absolute Gasteiger partial charge is 0.371 e. The lowest BCUT2D eigenvalue weighted by Crippen LogP contribution is -2.27. The molecule has 1 N–H and O–H groups in total. The lowest BCUT2D eigenvalue weighted by Gasteiger charge is -2.27. The van der Waals surface area contributed by atoms with Gasteiger partial charge in [-0.05, 0) is 42.2 Å². The van der Waals surface area contributed by atoms with Crippen molar-refractivity contribution in [3.05, 3.63) is 76.0 Å². The number of carbonyl (C=O) groups excluding carboxylic acids is 1. The highest BCUT2D eigenvalue weighted by atomic mass is 35.5. The second-order valence-electron chi connectivity index (χ2n) is 6.01. The molecule has 0 saturated carbocycles. The van der Waals surface area contributed by atoms with Crippen LogP contribution in [0.5, 0.6) is 0 Å². The molecule has 0 aromatic heterocycles. The molecular formula is C20H18ClN3O. The number of amides is 1. The quantitative estimate of drug-likeness (QED) is 0.670. The van der Waals surface area contributed by atoms with E-state index in [-0.39, 0.29) is 5.57 Å². The summed E-state index contributed by atoms with van der Waals surface area (Å²) in [5.74, 6) is -0.424. The van der Waals surface area contributed by atoms with Crippen LogP contribution in [0, 0.1) is 18.3 Å². The fourth-order valence-corrected chi connectivity index (χ4v) is 3.06. The van der Waals surface area contributed by atoms with Crippen LogP contribution in [0.15, 0.2) is 54.2 Å². The molecule has 1 amide bonds. The predicted octanol–water partition coefficient (Wildman–Crippen LogP) is 4.05. The molecule has 1 aliphatic rings. The molecule has 0 bridgehead atoms. The molecular weight excluding hydrogens is 334 g/mol. The minimum atomic E-state index is -0.424. The van der Waals surface area contributed by atoms with Gasteiger partial charge in [-0.2, -0.15) is 5.26 Å². The molecule has 0 fully saturated rings. The van der Waals surface area contributed by atoms with Crippen molar-refractivity contribution in [2.24, 2.45) is 0 Å². The number of benzene rings is 2. The standard InChI is InChI=1S/C20H18ClN3O/c1-14-18(21)7-4-8-19(14)23-20(25)17(11-22)13-24-10-9-15-5-2-3-6-16(15)12-24/h2-8,13H,9-10,12H2,1H3,(H,23,25)/b17-13-. The Balaban J connectivity index is 1.76. The van der Waals surface area contributed by atoms with Crippen molar-refractivity contribution in [1.29, 1.82) is 5.26 Å². The summed E-state index contributed by atoms with van der Waals surface area (Å²) in [5, 5.41) is 12.7. The zero-order chi connectivity index (χ0) is 17.8. The van der Waals surface area contributed by atoms with E-state index in [0.29, 0.717) is 17.3 Å². The Morgan fingerprint density at radius 1 is 1.24 bits per heavy atom. The number of carbonyl (C=O) groups is 1. The Morgan fingerprint density at radius 2 is 2.00 bits per heavy atom. The molecule has 3 rings (SSSR count). The van der Waals surface area contributed by atoms with Gasteiger partial charge in [0.1, 0.15) is 11.6 Å². The molecule has 0 saturated heterocycles. The van der Waals surface area contributed by atoms with Gasteiger partial charge in [0, 0.05) is 30.0 Å². The maximum absolute atomic E-state index is 12.5. The van der Waals surface area contributed by atoms with Crippen molar-refractivity contribution in [1.82, 2.24) is 4.90 Å². The van der Waals surface area contributed by atoms with E-state index in [2.05, 4.69) is 17.4 Å². The topological polar surface area (TPSA) is 56.1 Å². The van der Waals surface area contributed by atoms with Gasteiger partial charge in [0.05, 0.1) is 0 Å². The number of rotatable bonds is 3. The average Bonchev–Trinajstić information content (AvgIpc) is 2.63. The van der Waals surface area contributed by atoms with E-state index in [0.717, 1.165) is 18.5 Å². The summed E-state index contributed by atoms with van der Waals surface area (Å²) < 4.78 is 0. The number of hydrogen-bond acceptors (Lipinski definition) is 3. The van der Waals surface area contributed by atoms with Crippen LogP contribution in [0.25, 0.3) is 0 Å². The molecule has 126 valence electrons. The Kier molecular flexibility index (Phi) is 5.06. The van der Waals surface area contributed by atoms with E-state index in [1.165, 1.54) is 11.1 Å². The fraction of sp³-hybridized carbons (Fsp3) is 0.200. The minimum Gasteiger partial charge on any atom is -0.371 e. The van der Waals surface area contributed by atoms with E-state index < -0.39 is 5.91 Å². The van der Waals surface area contributed by atoms with Crippen molar-refractivity contribution in [3.8, 4) is 6.07 Å². The number of anilines is 1. The molecule has 1 aliphatic heterocycles. The first-order chi connectivity index (χ1) is 12.1. The molecule has 0 spiro atoms. The third-order valence-corrected chi connectivity index (χ3v) is 4.76. The van der Waals surface area contributed by atoms with Gasteiger partial charge in [-0.3, -0.25) is 4.79 Å². The van der Waals surface area contributed by atoms with Crippen LogP contribution in [-0.2, 0) is 17.8 Å². The first kappa shape index (κ1) is 17.1. The van der Waals surface area contributed by atoms with Crippen molar-refractivity contribution in [2.75, 3.05) is 11.9 Å². The van der Waals surface area contributed by atoms with Crippen LogP contribution in [-0.4, -0.2) is 17.4 Å². The summed E-state index contributed by atoms with van der Waals surface area (Å²) >= 11 is 6.08. The van der Waals surface area contributed by atoms with E-state index in [9.17, 15) is 10.1 Å². The summed E-state index contributed by atoms with van der Waals surface area (Å²) in [6.07, 6.45) is 2.55. The van der Waals surface area contributed by atoms with Gasteiger partial charge in [-0.15, -0.1) is 0 Å². The highest BCUT2D eigenvalue weighted by Gasteiger charge is 2.17. The summed E-state index contributed by atoms with van der Waals surface area (Å²) in [6, 6.07) is 15.5. The van der Waals surface area contributed by atoms with Gasteiger partial charge in [0.25, 0.3) is 5.91 Å². The first-order valence-electron chi connectivity index (χ1n) is 8.07. The molecule has 1 heterocycles. The van der Waals surface area contributed by atoms with Crippen LogP contribution >= 0.6 is 11.6 Å². The molecule has 25 heavy (non-hydrogen) atoms. The van der Waals surface area contributed by atoms with Gasteiger partial charge in [0.15, 0.2) is 0 Å². The van der Waals surface area contributed by atoms with Crippen LogP contribution in [0.2, 0.25) is 5.02 Å². The van der Waals surface area contributed by atoms with Gasteiger partial charge >= 0.3 is 0 Å². The molecule has 0 unspecified atom stereocenters. The Labute approximate surface area is 152 Å². The van der Waals surface area contributed by atoms with Crippen molar-refractivity contribution < 1.29 is 4.79 Å². The van der Waals surface area contributed by atoms with E-state index in [4.69, 9.17) is 11.6 Å². The molecule has 0 aliphatic carbocycles. The molecule has 4 nitrogen and oxygen atoms in total. The number of nitriles is 1. The number of fused-ring (bicyclic) bond motifs is 1. The number of nitrogens with zero attached hydrogens (tertiary/aromatic N) is 2. The second-order valence-corrected chi connectivity index (χ2v) is 6.42. The highest BCUT2D eigenvalue weighted by Crippen LogP contribution is 2.24. The van der Waals surface area contributed by atoms with Crippen molar-refractivity contribution in [2.45, 2.75) is 19.9 Å². The Morgan fingerprint density at radius 3 is 2.76 bits per heavy atom. The molecule has 5 heteroatoms. The maximum atomic E-state index is 12.5. The monoisotopic (exact) mass is 351 g/mol. The number of halogens is 1. The van der Waals surface area contributed by atoms with Crippen LogP contribution in [0.4, 0.5) is 5.69 Å². The lowest BCUT2D eigenvalue weighted by molar-refractivity contribution is -0.112. The SMILES string of the molecule is Cc1c(Cl)cccc1NC(=O)/C(C#N)=C\N1CCc2ccccc2C1. The summed E-state index contributed by atoms with van der Waals surface area (Å²) in [7, 11) is 0. The van der Waals surface area contributed by atoms with Gasteiger partial charge in [-0.1, -0.05) is 41.9 Å². The van der Waals surface area contributed by atoms with Crippen molar-refractivity contribution >= 4 is 23.2 Å². The minimum absolute atomic E-state index is 0.0822. The smallest absolute Gasteiger partial charge is 0.267 e. The normalized spacial score (nSPS) is 13.8.